The molecule has 0 saturated heterocycles. The molecule has 214 valence electrons. The Bertz CT molecular complexity index is 1040. The molecule has 5 fully saturated rings. The maximum Gasteiger partial charge on any atom is 0.139 e. The molecule has 0 radical (unpaired) electrons. The molecule has 0 heterocycles. The highest BCUT2D eigenvalue weighted by Gasteiger charge is 2.61. The van der Waals surface area contributed by atoms with Crippen molar-refractivity contribution in [2.75, 3.05) is 6.61 Å². The molecule has 6 rings (SSSR count). The molecule has 1 aromatic carbocycles. The summed E-state index contributed by atoms with van der Waals surface area (Å²) in [6.07, 6.45) is 19.6. The lowest BCUT2D eigenvalue weighted by atomic mass is 9.45. The maximum atomic E-state index is 13.5. The van der Waals surface area contributed by atoms with Crippen LogP contribution in [0.15, 0.2) is 24.3 Å². The molecule has 0 bridgehead atoms. The van der Waals surface area contributed by atoms with Crippen LogP contribution in [0, 0.1) is 40.4 Å². The van der Waals surface area contributed by atoms with E-state index in [1.54, 1.807) is 0 Å². The van der Waals surface area contributed by atoms with Gasteiger partial charge in [-0.05, 0) is 116 Å². The molecule has 5 saturated carbocycles. The monoisotopic (exact) mass is 532 g/mol. The van der Waals surface area contributed by atoms with Gasteiger partial charge in [0.25, 0.3) is 0 Å². The number of hydrogen-bond donors (Lipinski definition) is 0. The fourth-order valence-electron chi connectivity index (χ4n) is 10.7. The zero-order chi connectivity index (χ0) is 27.0. The van der Waals surface area contributed by atoms with Gasteiger partial charge in [-0.2, -0.15) is 0 Å². The molecule has 0 amide bonds. The van der Waals surface area contributed by atoms with E-state index < -0.39 is 0 Å². The van der Waals surface area contributed by atoms with E-state index in [0.29, 0.717) is 53.2 Å². The van der Waals surface area contributed by atoms with Gasteiger partial charge >= 0.3 is 0 Å². The first-order valence-corrected chi connectivity index (χ1v) is 16.7. The van der Waals surface area contributed by atoms with Crippen molar-refractivity contribution in [1.82, 2.24) is 0 Å². The van der Waals surface area contributed by atoms with Crippen molar-refractivity contribution in [3.05, 3.63) is 29.8 Å². The van der Waals surface area contributed by atoms with E-state index in [2.05, 4.69) is 38.1 Å². The third-order valence-electron chi connectivity index (χ3n) is 12.9. The fraction of sp³-hybridized carbons (Fsp3) is 0.778. The van der Waals surface area contributed by atoms with E-state index in [4.69, 9.17) is 4.74 Å². The SMILES string of the molecule is CC[C@@H](CC1CCCCC1)c1cccc(OCC[C@]23CCC4C(CCC5CC(=O)CC[C@@]54C)C2CCC3=O)c1. The first-order chi connectivity index (χ1) is 18.9. The van der Waals surface area contributed by atoms with Gasteiger partial charge < -0.3 is 4.74 Å². The zero-order valence-electron chi connectivity index (χ0n) is 24.7. The standard InChI is InChI=1S/C36H52O3/c1-3-26(22-25-8-5-4-6-9-25)27-10-7-11-30(23-27)39-21-20-36-19-17-32-31(33(36)14-15-34(36)38)13-12-28-24-29(37)16-18-35(28,32)2/h7,10-11,23,25-26,28,31-33H,3-6,8-9,12-22,24H2,1-2H3/t26-,28?,31?,32?,33?,35-,36+/m0/s1. The number of ketones is 2. The number of fused-ring (bicyclic) bond motifs is 5. The Morgan fingerprint density at radius 1 is 0.949 bits per heavy atom. The third-order valence-corrected chi connectivity index (χ3v) is 12.9. The summed E-state index contributed by atoms with van der Waals surface area (Å²) in [6.45, 7) is 5.48. The van der Waals surface area contributed by atoms with E-state index in [0.717, 1.165) is 56.6 Å². The summed E-state index contributed by atoms with van der Waals surface area (Å²) in [4.78, 5) is 25.8. The van der Waals surface area contributed by atoms with Gasteiger partial charge in [0, 0.05) is 24.7 Å². The average Bonchev–Trinajstić information content (AvgIpc) is 3.29. The number of carbonyl (C=O) groups excluding carboxylic acids is 2. The van der Waals surface area contributed by atoms with Crippen LogP contribution >= 0.6 is 0 Å². The van der Waals surface area contributed by atoms with Crippen LogP contribution in [0.4, 0.5) is 0 Å². The first kappa shape index (κ1) is 27.5. The van der Waals surface area contributed by atoms with Crippen LogP contribution in [0.2, 0.25) is 0 Å². The van der Waals surface area contributed by atoms with E-state index in [1.165, 1.54) is 69.8 Å². The second-order valence-electron chi connectivity index (χ2n) is 14.6. The molecule has 5 aliphatic rings. The molecule has 0 spiro atoms. The van der Waals surface area contributed by atoms with Crippen molar-refractivity contribution in [3.63, 3.8) is 0 Å². The van der Waals surface area contributed by atoms with Crippen molar-refractivity contribution < 1.29 is 14.3 Å². The largest absolute Gasteiger partial charge is 0.494 e. The number of carbonyl (C=O) groups is 2. The molecule has 0 N–H and O–H groups in total. The van der Waals surface area contributed by atoms with Crippen LogP contribution in [0.3, 0.4) is 0 Å². The summed E-state index contributed by atoms with van der Waals surface area (Å²) < 4.78 is 6.45. The maximum absolute atomic E-state index is 13.5. The average molecular weight is 533 g/mol. The summed E-state index contributed by atoms with van der Waals surface area (Å²) >= 11 is 0. The lowest BCUT2D eigenvalue weighted by molar-refractivity contribution is -0.147. The van der Waals surface area contributed by atoms with Crippen LogP contribution in [0.5, 0.6) is 5.75 Å². The normalized spacial score (nSPS) is 37.6. The second-order valence-corrected chi connectivity index (χ2v) is 14.6. The van der Waals surface area contributed by atoms with Gasteiger partial charge in [-0.3, -0.25) is 9.59 Å². The summed E-state index contributed by atoms with van der Waals surface area (Å²) in [5.41, 5.74) is 1.57. The lowest BCUT2D eigenvalue weighted by Crippen LogP contribution is -2.54. The van der Waals surface area contributed by atoms with Gasteiger partial charge in [0.05, 0.1) is 6.61 Å². The second kappa shape index (κ2) is 11.3. The Morgan fingerprint density at radius 3 is 2.62 bits per heavy atom. The minimum Gasteiger partial charge on any atom is -0.494 e. The van der Waals surface area contributed by atoms with Gasteiger partial charge in [-0.15, -0.1) is 0 Å². The van der Waals surface area contributed by atoms with Gasteiger partial charge in [-0.25, -0.2) is 0 Å². The smallest absolute Gasteiger partial charge is 0.139 e. The predicted octanol–water partition coefficient (Wildman–Crippen LogP) is 9.08. The van der Waals surface area contributed by atoms with E-state index >= 15 is 0 Å². The molecule has 0 aromatic heterocycles. The van der Waals surface area contributed by atoms with Crippen molar-refractivity contribution in [2.45, 2.75) is 129 Å². The summed E-state index contributed by atoms with van der Waals surface area (Å²) in [5.74, 6) is 5.96. The van der Waals surface area contributed by atoms with Crippen molar-refractivity contribution in [3.8, 4) is 5.75 Å². The summed E-state index contributed by atoms with van der Waals surface area (Å²) in [5, 5.41) is 0. The minimum atomic E-state index is -0.167. The van der Waals surface area contributed by atoms with Gasteiger partial charge in [0.1, 0.15) is 17.3 Å². The highest BCUT2D eigenvalue weighted by Crippen LogP contribution is 2.66. The Labute approximate surface area is 237 Å². The fourth-order valence-corrected chi connectivity index (χ4v) is 10.7. The highest BCUT2D eigenvalue weighted by atomic mass is 16.5. The van der Waals surface area contributed by atoms with Crippen LogP contribution in [0.25, 0.3) is 0 Å². The minimum absolute atomic E-state index is 0.167. The van der Waals surface area contributed by atoms with Crippen LogP contribution in [0.1, 0.15) is 134 Å². The molecule has 4 unspecified atom stereocenters. The summed E-state index contributed by atoms with van der Waals surface area (Å²) in [7, 11) is 0. The van der Waals surface area contributed by atoms with Crippen molar-refractivity contribution in [1.29, 1.82) is 0 Å². The van der Waals surface area contributed by atoms with Crippen LogP contribution in [-0.4, -0.2) is 18.2 Å². The molecular formula is C36H52O3. The van der Waals surface area contributed by atoms with Crippen LogP contribution < -0.4 is 4.74 Å². The molecule has 1 aromatic rings. The quantitative estimate of drug-likeness (QED) is 0.335. The van der Waals surface area contributed by atoms with E-state index in [1.807, 2.05) is 0 Å². The molecule has 7 atom stereocenters. The lowest BCUT2D eigenvalue weighted by Gasteiger charge is -2.59. The van der Waals surface area contributed by atoms with Gasteiger partial charge in [0.2, 0.25) is 0 Å². The Morgan fingerprint density at radius 2 is 1.79 bits per heavy atom. The van der Waals surface area contributed by atoms with Crippen LogP contribution in [-0.2, 0) is 9.59 Å². The van der Waals surface area contributed by atoms with E-state index in [-0.39, 0.29) is 5.41 Å². The molecule has 3 heteroatoms. The molecular weight excluding hydrogens is 480 g/mol. The van der Waals surface area contributed by atoms with E-state index in [9.17, 15) is 9.59 Å². The summed E-state index contributed by atoms with van der Waals surface area (Å²) in [6, 6.07) is 8.89. The van der Waals surface area contributed by atoms with Crippen molar-refractivity contribution >= 4 is 11.6 Å². The number of rotatable bonds is 8. The Hall–Kier alpha value is -1.64. The molecule has 3 nitrogen and oxygen atoms in total. The Kier molecular flexibility index (Phi) is 7.99. The topological polar surface area (TPSA) is 43.4 Å². The number of Topliss-reactive ketones (excluding diaryl/α,β-unsaturated/α-hetero) is 2. The zero-order valence-corrected chi connectivity index (χ0v) is 24.7. The number of hydrogen-bond acceptors (Lipinski definition) is 3. The molecule has 5 aliphatic carbocycles. The molecule has 0 aliphatic heterocycles. The third kappa shape index (κ3) is 5.14. The van der Waals surface area contributed by atoms with Gasteiger partial charge in [-0.1, -0.05) is 58.1 Å². The Balaban J connectivity index is 1.11. The highest BCUT2D eigenvalue weighted by molar-refractivity contribution is 5.87. The number of benzene rings is 1. The van der Waals surface area contributed by atoms with Gasteiger partial charge in [0.15, 0.2) is 0 Å². The predicted molar refractivity (Wildman–Crippen MR) is 157 cm³/mol. The number of ether oxygens (including phenoxy) is 1. The first-order valence-electron chi connectivity index (χ1n) is 16.7. The molecule has 39 heavy (non-hydrogen) atoms. The van der Waals surface area contributed by atoms with Crippen molar-refractivity contribution in [2.24, 2.45) is 40.4 Å².